The largest absolute Gasteiger partial charge is 0.493 e. The molecule has 0 atom stereocenters. The summed E-state index contributed by atoms with van der Waals surface area (Å²) in [5, 5.41) is 0. The molecule has 0 saturated heterocycles. The highest BCUT2D eigenvalue weighted by molar-refractivity contribution is 7.89. The lowest BCUT2D eigenvalue weighted by Crippen LogP contribution is -2.36. The van der Waals surface area contributed by atoms with Crippen LogP contribution in [-0.2, 0) is 30.0 Å². The topological polar surface area (TPSA) is 73.7 Å². The zero-order chi connectivity index (χ0) is 16.6. The Balaban J connectivity index is 1.95. The van der Waals surface area contributed by atoms with E-state index in [-0.39, 0.29) is 4.90 Å². The highest BCUT2D eigenvalue weighted by Crippen LogP contribution is 2.32. The Bertz CT molecular complexity index is 829. The third-order valence-corrected chi connectivity index (χ3v) is 5.90. The molecule has 124 valence electrons. The molecule has 0 saturated carbocycles. The van der Waals surface area contributed by atoms with Gasteiger partial charge < -0.3 is 14.0 Å². The number of sulfonamides is 1. The van der Waals surface area contributed by atoms with E-state index >= 15 is 0 Å². The van der Waals surface area contributed by atoms with E-state index in [4.69, 9.17) is 9.47 Å². The van der Waals surface area contributed by atoms with Crippen LogP contribution in [0, 0.1) is 0 Å². The number of hydrogen-bond donors (Lipinski definition) is 0. The first-order valence-electron chi connectivity index (χ1n) is 7.18. The van der Waals surface area contributed by atoms with Crippen LogP contribution >= 0.6 is 0 Å². The molecule has 2 heterocycles. The van der Waals surface area contributed by atoms with Crippen molar-refractivity contribution < 1.29 is 17.9 Å². The van der Waals surface area contributed by atoms with Crippen LogP contribution in [0.3, 0.4) is 0 Å². The van der Waals surface area contributed by atoms with Crippen LogP contribution in [0.4, 0.5) is 0 Å². The quantitative estimate of drug-likeness (QED) is 0.838. The summed E-state index contributed by atoms with van der Waals surface area (Å²) in [6, 6.07) is 4.63. The van der Waals surface area contributed by atoms with Crippen molar-refractivity contribution >= 4 is 10.0 Å². The first kappa shape index (κ1) is 15.8. The Hall–Kier alpha value is -2.06. The maximum atomic E-state index is 12.9. The molecule has 3 rings (SSSR count). The molecule has 0 bridgehead atoms. The summed E-state index contributed by atoms with van der Waals surface area (Å²) in [5.74, 6) is 0.894. The van der Waals surface area contributed by atoms with E-state index in [1.54, 1.807) is 12.4 Å². The smallest absolute Gasteiger partial charge is 0.243 e. The summed E-state index contributed by atoms with van der Waals surface area (Å²) in [5.41, 5.74) is 1.89. The lowest BCUT2D eigenvalue weighted by atomic mass is 10.2. The van der Waals surface area contributed by atoms with Crippen molar-refractivity contribution in [3.05, 3.63) is 35.9 Å². The highest BCUT2D eigenvalue weighted by Gasteiger charge is 2.30. The van der Waals surface area contributed by atoms with E-state index in [1.165, 1.54) is 30.7 Å². The maximum Gasteiger partial charge on any atom is 0.243 e. The second-order valence-electron chi connectivity index (χ2n) is 5.35. The molecule has 1 aromatic carbocycles. The lowest BCUT2D eigenvalue weighted by Gasteiger charge is -2.26. The van der Waals surface area contributed by atoms with Gasteiger partial charge >= 0.3 is 0 Å². The van der Waals surface area contributed by atoms with Gasteiger partial charge in [-0.2, -0.15) is 4.31 Å². The first-order valence-corrected chi connectivity index (χ1v) is 8.62. The molecule has 0 spiro atoms. The second kappa shape index (κ2) is 5.86. The van der Waals surface area contributed by atoms with Crippen molar-refractivity contribution in [1.82, 2.24) is 13.9 Å². The van der Waals surface area contributed by atoms with Crippen LogP contribution in [0.1, 0.15) is 11.4 Å². The van der Waals surface area contributed by atoms with E-state index in [0.717, 1.165) is 11.4 Å². The number of fused-ring (bicyclic) bond motifs is 1. The van der Waals surface area contributed by atoms with E-state index < -0.39 is 10.0 Å². The fraction of sp³-hybridized carbons (Fsp3) is 0.400. The fourth-order valence-corrected chi connectivity index (χ4v) is 4.14. The molecule has 2 aromatic rings. The molecular weight excluding hydrogens is 318 g/mol. The van der Waals surface area contributed by atoms with E-state index in [9.17, 15) is 8.42 Å². The van der Waals surface area contributed by atoms with Gasteiger partial charge in [-0.3, -0.25) is 0 Å². The summed E-state index contributed by atoms with van der Waals surface area (Å²) in [6.07, 6.45) is 2.33. The molecule has 8 heteroatoms. The van der Waals surface area contributed by atoms with Gasteiger partial charge in [0.25, 0.3) is 0 Å². The van der Waals surface area contributed by atoms with Crippen molar-refractivity contribution in [1.29, 1.82) is 0 Å². The molecule has 23 heavy (non-hydrogen) atoms. The number of hydrogen-bond acceptors (Lipinski definition) is 5. The van der Waals surface area contributed by atoms with Crippen LogP contribution in [-0.4, -0.2) is 43.0 Å². The number of rotatable bonds is 4. The zero-order valence-corrected chi connectivity index (χ0v) is 14.1. The average molecular weight is 337 g/mol. The second-order valence-corrected chi connectivity index (χ2v) is 7.29. The van der Waals surface area contributed by atoms with Crippen LogP contribution in [0.25, 0.3) is 0 Å². The van der Waals surface area contributed by atoms with Crippen LogP contribution in [0.5, 0.6) is 11.5 Å². The van der Waals surface area contributed by atoms with Crippen molar-refractivity contribution in [2.75, 3.05) is 20.8 Å². The summed E-state index contributed by atoms with van der Waals surface area (Å²) in [6.45, 7) is 0.739. The number of imidazole rings is 1. The fourth-order valence-electron chi connectivity index (χ4n) is 2.72. The van der Waals surface area contributed by atoms with E-state index in [0.29, 0.717) is 31.0 Å². The molecule has 0 amide bonds. The van der Waals surface area contributed by atoms with Crippen molar-refractivity contribution in [2.45, 2.75) is 17.9 Å². The van der Waals surface area contributed by atoms with Gasteiger partial charge in [0.05, 0.1) is 43.4 Å². The predicted octanol–water partition coefficient (Wildman–Crippen LogP) is 1.18. The molecule has 0 N–H and O–H groups in total. The molecule has 0 unspecified atom stereocenters. The Morgan fingerprint density at radius 3 is 2.61 bits per heavy atom. The van der Waals surface area contributed by atoms with E-state index in [2.05, 4.69) is 4.98 Å². The Morgan fingerprint density at radius 1 is 1.17 bits per heavy atom. The molecule has 0 aliphatic carbocycles. The van der Waals surface area contributed by atoms with Gasteiger partial charge in [0.1, 0.15) is 0 Å². The minimum absolute atomic E-state index is 0.195. The highest BCUT2D eigenvalue weighted by atomic mass is 32.2. The maximum absolute atomic E-state index is 12.9. The van der Waals surface area contributed by atoms with Gasteiger partial charge in [0.15, 0.2) is 11.5 Å². The Morgan fingerprint density at radius 2 is 1.91 bits per heavy atom. The molecule has 7 nitrogen and oxygen atoms in total. The van der Waals surface area contributed by atoms with Crippen LogP contribution in [0.2, 0.25) is 0 Å². The molecule has 0 fully saturated rings. The molecule has 1 aliphatic heterocycles. The van der Waals surface area contributed by atoms with Crippen molar-refractivity contribution in [3.8, 4) is 11.5 Å². The van der Waals surface area contributed by atoms with Gasteiger partial charge in [-0.15, -0.1) is 0 Å². The summed E-state index contributed by atoms with van der Waals surface area (Å²) >= 11 is 0. The Kier molecular flexibility index (Phi) is 4.03. The predicted molar refractivity (Wildman–Crippen MR) is 84.1 cm³/mol. The number of nitrogens with zero attached hydrogens (tertiary/aromatic N) is 3. The zero-order valence-electron chi connectivity index (χ0n) is 13.3. The van der Waals surface area contributed by atoms with Gasteiger partial charge in [0.2, 0.25) is 10.0 Å². The molecular formula is C15H19N3O4S. The first-order chi connectivity index (χ1) is 11.0. The number of methoxy groups -OCH3 is 2. The van der Waals surface area contributed by atoms with Crippen molar-refractivity contribution in [3.63, 3.8) is 0 Å². The van der Waals surface area contributed by atoms with Gasteiger partial charge in [0, 0.05) is 26.1 Å². The van der Waals surface area contributed by atoms with Gasteiger partial charge in [-0.25, -0.2) is 13.4 Å². The average Bonchev–Trinajstić information content (AvgIpc) is 2.94. The monoisotopic (exact) mass is 337 g/mol. The number of ether oxygens (including phenoxy) is 2. The van der Waals surface area contributed by atoms with Crippen molar-refractivity contribution in [2.24, 2.45) is 7.05 Å². The summed E-state index contributed by atoms with van der Waals surface area (Å²) in [4.78, 5) is 4.50. The molecule has 1 aromatic heterocycles. The molecule has 0 radical (unpaired) electrons. The van der Waals surface area contributed by atoms with Crippen LogP contribution < -0.4 is 9.47 Å². The number of aromatic nitrogens is 2. The normalized spacial score (nSPS) is 15.3. The lowest BCUT2D eigenvalue weighted by molar-refractivity contribution is 0.352. The summed E-state index contributed by atoms with van der Waals surface area (Å²) < 4.78 is 39.5. The van der Waals surface area contributed by atoms with Gasteiger partial charge in [-0.1, -0.05) is 0 Å². The summed E-state index contributed by atoms with van der Waals surface area (Å²) in [7, 11) is 1.27. The standard InChI is InChI=1S/C15H19N3O4S/c1-17-10-16-12-6-7-18(9-13(12)17)23(19,20)11-4-5-14(21-2)15(8-11)22-3/h4-5,8,10H,6-7,9H2,1-3H3. The van der Waals surface area contributed by atoms with Gasteiger partial charge in [-0.05, 0) is 12.1 Å². The third kappa shape index (κ3) is 2.68. The Labute approximate surface area is 135 Å². The minimum atomic E-state index is -3.60. The number of benzene rings is 1. The number of aryl methyl sites for hydroxylation is 1. The molecule has 1 aliphatic rings. The third-order valence-electron chi connectivity index (χ3n) is 4.06. The SMILES string of the molecule is COc1ccc(S(=O)(=O)N2CCc3ncn(C)c3C2)cc1OC. The van der Waals surface area contributed by atoms with E-state index in [1.807, 2.05) is 11.6 Å². The minimum Gasteiger partial charge on any atom is -0.493 e. The van der Waals surface area contributed by atoms with Crippen LogP contribution in [0.15, 0.2) is 29.4 Å².